The Labute approximate surface area is 143 Å². The first-order valence-corrected chi connectivity index (χ1v) is 7.40. The minimum Gasteiger partial charge on any atom is -0.452 e. The molecule has 0 heterocycles. The predicted octanol–water partition coefficient (Wildman–Crippen LogP) is 3.34. The zero-order valence-electron chi connectivity index (χ0n) is 12.7. The summed E-state index contributed by atoms with van der Waals surface area (Å²) in [6.07, 6.45) is 0. The Morgan fingerprint density at radius 3 is 2.52 bits per heavy atom. The first kappa shape index (κ1) is 19.2. The van der Waals surface area contributed by atoms with Crippen molar-refractivity contribution in [2.45, 2.75) is 26.3 Å². The second kappa shape index (κ2) is 7.62. The molecule has 0 unspecified atom stereocenters. The van der Waals surface area contributed by atoms with Crippen LogP contribution in [0, 0.1) is 23.1 Å². The molecule has 0 spiro atoms. The van der Waals surface area contributed by atoms with Gasteiger partial charge in [-0.2, -0.15) is 5.26 Å². The number of nitriles is 1. The Morgan fingerprint density at radius 1 is 1.39 bits per heavy atom. The van der Waals surface area contributed by atoms with Crippen LogP contribution in [0.25, 0.3) is 0 Å². The van der Waals surface area contributed by atoms with Gasteiger partial charge >= 0.3 is 5.97 Å². The van der Waals surface area contributed by atoms with Crippen LogP contribution in [0.3, 0.4) is 0 Å². The van der Waals surface area contributed by atoms with Gasteiger partial charge in [-0.1, -0.05) is 37.0 Å². The molecule has 0 radical (unpaired) electrons. The number of amides is 1. The summed E-state index contributed by atoms with van der Waals surface area (Å²) in [4.78, 5) is 23.6. The Balaban J connectivity index is 2.72. The van der Waals surface area contributed by atoms with Gasteiger partial charge < -0.3 is 10.1 Å². The van der Waals surface area contributed by atoms with Gasteiger partial charge in [-0.15, -0.1) is 0 Å². The molecule has 0 aromatic heterocycles. The SMILES string of the molecule is CC(C)[C@](C)(C#N)NC(=O)COC(=O)c1cc(F)c(Cl)cc1Cl. The van der Waals surface area contributed by atoms with E-state index < -0.39 is 29.8 Å². The highest BCUT2D eigenvalue weighted by Gasteiger charge is 2.30. The van der Waals surface area contributed by atoms with E-state index in [1.54, 1.807) is 20.8 Å². The zero-order chi connectivity index (χ0) is 17.8. The Hall–Kier alpha value is -1.84. The number of carbonyl (C=O) groups excluding carboxylic acids is 2. The van der Waals surface area contributed by atoms with E-state index in [1.807, 2.05) is 6.07 Å². The predicted molar refractivity (Wildman–Crippen MR) is 83.7 cm³/mol. The van der Waals surface area contributed by atoms with Gasteiger partial charge in [-0.25, -0.2) is 9.18 Å². The Bertz CT molecular complexity index is 673. The molecule has 124 valence electrons. The van der Waals surface area contributed by atoms with Crippen molar-refractivity contribution in [1.82, 2.24) is 5.32 Å². The van der Waals surface area contributed by atoms with Crippen molar-refractivity contribution in [3.05, 3.63) is 33.6 Å². The third-order valence-corrected chi connectivity index (χ3v) is 3.95. The number of esters is 1. The van der Waals surface area contributed by atoms with Crippen molar-refractivity contribution in [3.8, 4) is 6.07 Å². The minimum atomic E-state index is -1.09. The van der Waals surface area contributed by atoms with E-state index >= 15 is 0 Å². The lowest BCUT2D eigenvalue weighted by Crippen LogP contribution is -2.50. The molecule has 0 saturated carbocycles. The number of nitrogens with zero attached hydrogens (tertiary/aromatic N) is 1. The van der Waals surface area contributed by atoms with Crippen LogP contribution in [0.15, 0.2) is 12.1 Å². The zero-order valence-corrected chi connectivity index (χ0v) is 14.3. The van der Waals surface area contributed by atoms with Crippen LogP contribution in [-0.4, -0.2) is 24.0 Å². The van der Waals surface area contributed by atoms with Gasteiger partial charge in [0.1, 0.15) is 11.4 Å². The van der Waals surface area contributed by atoms with Crippen molar-refractivity contribution >= 4 is 35.1 Å². The first-order chi connectivity index (χ1) is 10.6. The lowest BCUT2D eigenvalue weighted by Gasteiger charge is -2.27. The fourth-order valence-electron chi connectivity index (χ4n) is 1.51. The number of carbonyl (C=O) groups is 2. The standard InChI is InChI=1S/C15H15Cl2FN2O3/c1-8(2)15(3,7-19)20-13(21)6-23-14(22)9-4-12(18)11(17)5-10(9)16/h4-5,8H,6H2,1-3H3,(H,20,21)/t15-/m0/s1. The summed E-state index contributed by atoms with van der Waals surface area (Å²) in [5, 5.41) is 11.3. The summed E-state index contributed by atoms with van der Waals surface area (Å²) in [5.74, 6) is -2.60. The maximum atomic E-state index is 13.4. The van der Waals surface area contributed by atoms with E-state index in [-0.39, 0.29) is 21.5 Å². The summed E-state index contributed by atoms with van der Waals surface area (Å²) < 4.78 is 18.1. The Kier molecular flexibility index (Phi) is 6.37. The van der Waals surface area contributed by atoms with Crippen LogP contribution in [-0.2, 0) is 9.53 Å². The molecule has 0 aliphatic heterocycles. The smallest absolute Gasteiger partial charge is 0.340 e. The highest BCUT2D eigenvalue weighted by atomic mass is 35.5. The maximum absolute atomic E-state index is 13.4. The van der Waals surface area contributed by atoms with E-state index in [9.17, 15) is 14.0 Å². The summed E-state index contributed by atoms with van der Waals surface area (Å²) in [6, 6.07) is 3.89. The quantitative estimate of drug-likeness (QED) is 0.644. The second-order valence-electron chi connectivity index (χ2n) is 5.34. The van der Waals surface area contributed by atoms with Crippen LogP contribution in [0.1, 0.15) is 31.1 Å². The summed E-state index contributed by atoms with van der Waals surface area (Å²) in [6.45, 7) is 4.48. The monoisotopic (exact) mass is 360 g/mol. The molecule has 8 heteroatoms. The summed E-state index contributed by atoms with van der Waals surface area (Å²) in [5.41, 5.74) is -1.33. The van der Waals surface area contributed by atoms with Gasteiger partial charge in [0.25, 0.3) is 5.91 Å². The van der Waals surface area contributed by atoms with Crippen LogP contribution in [0.4, 0.5) is 4.39 Å². The third kappa shape index (κ3) is 4.81. The van der Waals surface area contributed by atoms with Crippen LogP contribution in [0.2, 0.25) is 10.0 Å². The highest BCUT2D eigenvalue weighted by molar-refractivity contribution is 6.36. The number of ether oxygens (including phenoxy) is 1. The number of hydrogen-bond acceptors (Lipinski definition) is 4. The van der Waals surface area contributed by atoms with E-state index in [2.05, 4.69) is 5.32 Å². The topological polar surface area (TPSA) is 79.2 Å². The lowest BCUT2D eigenvalue weighted by atomic mass is 9.90. The van der Waals surface area contributed by atoms with E-state index in [4.69, 9.17) is 33.2 Å². The average Bonchev–Trinajstić information content (AvgIpc) is 2.48. The number of rotatable bonds is 5. The molecule has 1 amide bonds. The first-order valence-electron chi connectivity index (χ1n) is 6.64. The molecule has 0 bridgehead atoms. The maximum Gasteiger partial charge on any atom is 0.340 e. The van der Waals surface area contributed by atoms with Crippen LogP contribution >= 0.6 is 23.2 Å². The normalized spacial score (nSPS) is 13.1. The van der Waals surface area contributed by atoms with Gasteiger partial charge in [0.05, 0.1) is 21.7 Å². The van der Waals surface area contributed by atoms with Crippen molar-refractivity contribution in [3.63, 3.8) is 0 Å². The molecule has 0 aliphatic carbocycles. The number of nitrogens with one attached hydrogen (secondary N) is 1. The van der Waals surface area contributed by atoms with Gasteiger partial charge in [0, 0.05) is 0 Å². The molecule has 5 nitrogen and oxygen atoms in total. The number of benzene rings is 1. The van der Waals surface area contributed by atoms with Crippen molar-refractivity contribution < 1.29 is 18.7 Å². The summed E-state index contributed by atoms with van der Waals surface area (Å²) in [7, 11) is 0. The number of hydrogen-bond donors (Lipinski definition) is 1. The van der Waals surface area contributed by atoms with Crippen molar-refractivity contribution in [2.24, 2.45) is 5.92 Å². The average molecular weight is 361 g/mol. The third-order valence-electron chi connectivity index (χ3n) is 3.35. The molecule has 1 rings (SSSR count). The molecular formula is C15H15Cl2FN2O3. The highest BCUT2D eigenvalue weighted by Crippen LogP contribution is 2.25. The summed E-state index contributed by atoms with van der Waals surface area (Å²) >= 11 is 11.3. The molecule has 1 atom stereocenters. The molecule has 1 aromatic carbocycles. The molecular weight excluding hydrogens is 346 g/mol. The van der Waals surface area contributed by atoms with E-state index in [1.165, 1.54) is 0 Å². The van der Waals surface area contributed by atoms with E-state index in [0.717, 1.165) is 12.1 Å². The minimum absolute atomic E-state index is 0.0918. The van der Waals surface area contributed by atoms with Crippen LogP contribution < -0.4 is 5.32 Å². The van der Waals surface area contributed by atoms with E-state index in [0.29, 0.717) is 0 Å². The molecule has 1 aromatic rings. The van der Waals surface area contributed by atoms with Crippen LogP contribution in [0.5, 0.6) is 0 Å². The van der Waals surface area contributed by atoms with Gasteiger partial charge in [-0.05, 0) is 25.0 Å². The molecule has 23 heavy (non-hydrogen) atoms. The van der Waals surface area contributed by atoms with Crippen molar-refractivity contribution in [2.75, 3.05) is 6.61 Å². The fraction of sp³-hybridized carbons (Fsp3) is 0.400. The van der Waals surface area contributed by atoms with Gasteiger partial charge in [0.15, 0.2) is 6.61 Å². The molecule has 1 N–H and O–H groups in total. The molecule has 0 fully saturated rings. The van der Waals surface area contributed by atoms with Gasteiger partial charge in [-0.3, -0.25) is 4.79 Å². The second-order valence-corrected chi connectivity index (χ2v) is 6.15. The van der Waals surface area contributed by atoms with Gasteiger partial charge in [0.2, 0.25) is 0 Å². The fourth-order valence-corrected chi connectivity index (χ4v) is 1.98. The lowest BCUT2D eigenvalue weighted by molar-refractivity contribution is -0.125. The molecule has 0 aliphatic rings. The van der Waals surface area contributed by atoms with Crippen molar-refractivity contribution in [1.29, 1.82) is 5.26 Å². The largest absolute Gasteiger partial charge is 0.452 e. The number of halogens is 3. The molecule has 0 saturated heterocycles. The Morgan fingerprint density at radius 2 is 2.00 bits per heavy atom.